The van der Waals surface area contributed by atoms with E-state index in [4.69, 9.17) is 9.63 Å². The molecule has 1 aliphatic rings. The van der Waals surface area contributed by atoms with Crippen LogP contribution in [0.2, 0.25) is 0 Å². The van der Waals surface area contributed by atoms with Crippen molar-refractivity contribution in [1.82, 2.24) is 15.5 Å². The molecule has 1 aliphatic carbocycles. The third-order valence-corrected chi connectivity index (χ3v) is 3.39. The highest BCUT2D eigenvalue weighted by molar-refractivity contribution is 5.85. The largest absolute Gasteiger partial charge is 0.481 e. The number of amides is 1. The topological polar surface area (TPSA) is 105 Å². The maximum Gasteiger partial charge on any atom is 0.307 e. The first-order chi connectivity index (χ1) is 9.08. The van der Waals surface area contributed by atoms with Crippen LogP contribution < -0.4 is 5.32 Å². The van der Waals surface area contributed by atoms with Crippen molar-refractivity contribution < 1.29 is 19.2 Å². The van der Waals surface area contributed by atoms with Gasteiger partial charge in [0.15, 0.2) is 5.82 Å². The van der Waals surface area contributed by atoms with E-state index >= 15 is 0 Å². The highest BCUT2D eigenvalue weighted by Crippen LogP contribution is 2.31. The first-order valence-corrected chi connectivity index (χ1v) is 6.37. The van der Waals surface area contributed by atoms with Gasteiger partial charge in [-0.3, -0.25) is 9.59 Å². The molecule has 1 heterocycles. The van der Waals surface area contributed by atoms with Gasteiger partial charge in [0, 0.05) is 19.9 Å². The van der Waals surface area contributed by atoms with Gasteiger partial charge in [-0.15, -0.1) is 0 Å². The van der Waals surface area contributed by atoms with E-state index in [0.29, 0.717) is 37.5 Å². The van der Waals surface area contributed by atoms with Gasteiger partial charge in [0.25, 0.3) is 0 Å². The van der Waals surface area contributed by atoms with E-state index in [1.807, 2.05) is 0 Å². The first-order valence-electron chi connectivity index (χ1n) is 6.37. The second-order valence-corrected chi connectivity index (χ2v) is 4.75. The highest BCUT2D eigenvalue weighted by Gasteiger charge is 2.37. The summed E-state index contributed by atoms with van der Waals surface area (Å²) in [5.74, 6) is -1.00. The molecule has 2 unspecified atom stereocenters. The summed E-state index contributed by atoms with van der Waals surface area (Å²) in [6, 6.07) is 0. The number of hydrogen-bond donors (Lipinski definition) is 2. The fourth-order valence-electron chi connectivity index (χ4n) is 2.44. The van der Waals surface area contributed by atoms with E-state index in [1.54, 1.807) is 6.92 Å². The van der Waals surface area contributed by atoms with E-state index < -0.39 is 17.8 Å². The van der Waals surface area contributed by atoms with Crippen LogP contribution in [0.15, 0.2) is 4.52 Å². The Hall–Kier alpha value is -1.92. The second kappa shape index (κ2) is 5.81. The van der Waals surface area contributed by atoms with Gasteiger partial charge < -0.3 is 14.9 Å². The lowest BCUT2D eigenvalue weighted by Crippen LogP contribution is -2.36. The zero-order chi connectivity index (χ0) is 13.8. The number of carboxylic acids is 1. The van der Waals surface area contributed by atoms with Gasteiger partial charge in [-0.25, -0.2) is 0 Å². The van der Waals surface area contributed by atoms with Crippen molar-refractivity contribution in [2.75, 3.05) is 6.54 Å². The summed E-state index contributed by atoms with van der Waals surface area (Å²) in [6.07, 6.45) is 2.49. The molecule has 2 atom stereocenters. The minimum atomic E-state index is -0.883. The molecule has 0 aliphatic heterocycles. The number of aromatic nitrogens is 2. The number of nitrogens with zero attached hydrogens (tertiary/aromatic N) is 2. The Kier molecular flexibility index (Phi) is 4.13. The van der Waals surface area contributed by atoms with Crippen LogP contribution >= 0.6 is 0 Å². The van der Waals surface area contributed by atoms with E-state index in [1.165, 1.54) is 0 Å². The Labute approximate surface area is 110 Å². The number of carboxylic acid groups (broad SMARTS) is 1. The van der Waals surface area contributed by atoms with Crippen LogP contribution in [0.4, 0.5) is 0 Å². The molecule has 0 spiro atoms. The van der Waals surface area contributed by atoms with Crippen molar-refractivity contribution in [2.24, 2.45) is 11.8 Å². The average molecular weight is 267 g/mol. The summed E-state index contributed by atoms with van der Waals surface area (Å²) < 4.78 is 4.82. The number of rotatable bonds is 5. The molecule has 1 aromatic rings. The molecule has 2 rings (SSSR count). The molecule has 104 valence electrons. The number of carbonyl (C=O) groups excluding carboxylic acids is 1. The van der Waals surface area contributed by atoms with Crippen LogP contribution in [0.25, 0.3) is 0 Å². The van der Waals surface area contributed by atoms with Crippen LogP contribution in [0, 0.1) is 18.8 Å². The Bertz CT molecular complexity index is 471. The molecule has 1 saturated carbocycles. The fraction of sp³-hybridized carbons (Fsp3) is 0.667. The Morgan fingerprint density at radius 2 is 2.16 bits per heavy atom. The molecular formula is C12H17N3O4. The zero-order valence-corrected chi connectivity index (χ0v) is 10.8. The predicted molar refractivity (Wildman–Crippen MR) is 64.2 cm³/mol. The summed E-state index contributed by atoms with van der Waals surface area (Å²) in [7, 11) is 0. The third kappa shape index (κ3) is 3.30. The van der Waals surface area contributed by atoms with Crippen molar-refractivity contribution >= 4 is 11.9 Å². The first kappa shape index (κ1) is 13.5. The van der Waals surface area contributed by atoms with Crippen molar-refractivity contribution in [3.05, 3.63) is 11.7 Å². The Morgan fingerprint density at radius 3 is 2.79 bits per heavy atom. The van der Waals surface area contributed by atoms with Crippen molar-refractivity contribution in [2.45, 2.75) is 32.6 Å². The summed E-state index contributed by atoms with van der Waals surface area (Å²) in [5, 5.41) is 15.5. The van der Waals surface area contributed by atoms with Crippen LogP contribution in [0.5, 0.6) is 0 Å². The fourth-order valence-corrected chi connectivity index (χ4v) is 2.44. The summed E-state index contributed by atoms with van der Waals surface area (Å²) in [5.41, 5.74) is 0. The number of hydrogen-bond acceptors (Lipinski definition) is 5. The molecule has 0 radical (unpaired) electrons. The lowest BCUT2D eigenvalue weighted by Gasteiger charge is -2.15. The van der Waals surface area contributed by atoms with Crippen LogP contribution in [-0.2, 0) is 16.0 Å². The molecule has 1 aromatic heterocycles. The van der Waals surface area contributed by atoms with E-state index in [-0.39, 0.29) is 5.91 Å². The smallest absolute Gasteiger partial charge is 0.307 e. The van der Waals surface area contributed by atoms with Gasteiger partial charge in [0.05, 0.1) is 11.8 Å². The molecule has 19 heavy (non-hydrogen) atoms. The molecule has 0 aromatic carbocycles. The molecule has 1 amide bonds. The number of nitrogens with one attached hydrogen (secondary N) is 1. The normalized spacial score (nSPS) is 22.4. The van der Waals surface area contributed by atoms with E-state index in [2.05, 4.69) is 15.5 Å². The van der Waals surface area contributed by atoms with Crippen LogP contribution in [0.1, 0.15) is 31.0 Å². The van der Waals surface area contributed by atoms with E-state index in [0.717, 1.165) is 6.42 Å². The molecular weight excluding hydrogens is 250 g/mol. The van der Waals surface area contributed by atoms with E-state index in [9.17, 15) is 9.59 Å². The van der Waals surface area contributed by atoms with Gasteiger partial charge in [0.2, 0.25) is 11.8 Å². The monoisotopic (exact) mass is 267 g/mol. The molecule has 0 bridgehead atoms. The van der Waals surface area contributed by atoms with Crippen LogP contribution in [0.3, 0.4) is 0 Å². The highest BCUT2D eigenvalue weighted by atomic mass is 16.5. The summed E-state index contributed by atoms with van der Waals surface area (Å²) >= 11 is 0. The quantitative estimate of drug-likeness (QED) is 0.806. The molecule has 7 nitrogen and oxygen atoms in total. The molecule has 7 heteroatoms. The Morgan fingerprint density at radius 1 is 1.42 bits per heavy atom. The minimum Gasteiger partial charge on any atom is -0.481 e. The average Bonchev–Trinajstić information content (AvgIpc) is 2.97. The molecule has 2 N–H and O–H groups in total. The molecule has 1 fully saturated rings. The summed E-state index contributed by atoms with van der Waals surface area (Å²) in [4.78, 5) is 26.9. The van der Waals surface area contributed by atoms with Gasteiger partial charge in [-0.05, 0) is 12.8 Å². The predicted octanol–water partition coefficient (Wildman–Crippen LogP) is 0.538. The van der Waals surface area contributed by atoms with Gasteiger partial charge in [-0.1, -0.05) is 11.6 Å². The maximum atomic E-state index is 11.9. The van der Waals surface area contributed by atoms with Crippen molar-refractivity contribution in [3.63, 3.8) is 0 Å². The standard InChI is InChI=1S/C12H17N3O4/c1-7-14-10(15-19-7)5-6-13-11(16)8-3-2-4-9(8)12(17)18/h8-9H,2-6H2,1H3,(H,13,16)(H,17,18). The SMILES string of the molecule is Cc1nc(CCNC(=O)C2CCCC2C(=O)O)no1. The van der Waals surface area contributed by atoms with Gasteiger partial charge in [0.1, 0.15) is 0 Å². The minimum absolute atomic E-state index is 0.190. The van der Waals surface area contributed by atoms with Crippen molar-refractivity contribution in [1.29, 1.82) is 0 Å². The second-order valence-electron chi connectivity index (χ2n) is 4.75. The number of aryl methyl sites for hydroxylation is 1. The van der Waals surface area contributed by atoms with Gasteiger partial charge >= 0.3 is 5.97 Å². The Balaban J connectivity index is 1.79. The maximum absolute atomic E-state index is 11.9. The zero-order valence-electron chi connectivity index (χ0n) is 10.8. The summed E-state index contributed by atoms with van der Waals surface area (Å²) in [6.45, 7) is 2.09. The number of carbonyl (C=O) groups is 2. The lowest BCUT2D eigenvalue weighted by molar-refractivity contribution is -0.146. The molecule has 0 saturated heterocycles. The van der Waals surface area contributed by atoms with Crippen molar-refractivity contribution in [3.8, 4) is 0 Å². The van der Waals surface area contributed by atoms with Gasteiger partial charge in [-0.2, -0.15) is 4.98 Å². The van der Waals surface area contributed by atoms with Crippen LogP contribution in [-0.4, -0.2) is 33.7 Å². The third-order valence-electron chi connectivity index (χ3n) is 3.39. The lowest BCUT2D eigenvalue weighted by atomic mass is 9.95. The number of aliphatic carboxylic acids is 1.